The molecule has 1 aromatic carbocycles. The molecule has 1 aliphatic carbocycles. The van der Waals surface area contributed by atoms with Crippen molar-refractivity contribution in [1.82, 2.24) is 5.32 Å². The van der Waals surface area contributed by atoms with Crippen molar-refractivity contribution in [3.05, 3.63) is 51.7 Å². The fourth-order valence-corrected chi connectivity index (χ4v) is 3.53. The van der Waals surface area contributed by atoms with E-state index in [1.54, 1.807) is 29.5 Å². The monoisotopic (exact) mass is 273 g/mol. The number of aromatic hydroxyl groups is 1. The van der Waals surface area contributed by atoms with Crippen molar-refractivity contribution in [2.75, 3.05) is 0 Å². The Morgan fingerprint density at radius 3 is 3.00 bits per heavy atom. The molecule has 1 heterocycles. The molecule has 1 atom stereocenters. The largest absolute Gasteiger partial charge is 0.507 e. The van der Waals surface area contributed by atoms with Gasteiger partial charge in [-0.2, -0.15) is 0 Å². The van der Waals surface area contributed by atoms with Crippen molar-refractivity contribution in [1.29, 1.82) is 0 Å². The Morgan fingerprint density at radius 1 is 1.32 bits per heavy atom. The number of phenols is 1. The van der Waals surface area contributed by atoms with E-state index in [-0.39, 0.29) is 17.7 Å². The van der Waals surface area contributed by atoms with Crippen LogP contribution in [0, 0.1) is 0 Å². The van der Waals surface area contributed by atoms with E-state index in [0.717, 1.165) is 19.3 Å². The van der Waals surface area contributed by atoms with E-state index in [1.165, 1.54) is 16.5 Å². The van der Waals surface area contributed by atoms with Crippen molar-refractivity contribution in [3.8, 4) is 5.75 Å². The number of para-hydroxylation sites is 1. The second kappa shape index (κ2) is 5.05. The molecule has 0 saturated heterocycles. The van der Waals surface area contributed by atoms with Crippen LogP contribution < -0.4 is 5.32 Å². The molecule has 0 saturated carbocycles. The Labute approximate surface area is 115 Å². The summed E-state index contributed by atoms with van der Waals surface area (Å²) in [5, 5.41) is 14.8. The van der Waals surface area contributed by atoms with Gasteiger partial charge in [-0.05, 0) is 48.4 Å². The zero-order chi connectivity index (χ0) is 13.2. The molecule has 2 aromatic rings. The van der Waals surface area contributed by atoms with E-state index in [1.807, 2.05) is 0 Å². The molecule has 1 aliphatic rings. The van der Waals surface area contributed by atoms with E-state index >= 15 is 0 Å². The minimum atomic E-state index is -0.206. The first-order valence-corrected chi connectivity index (χ1v) is 7.29. The maximum Gasteiger partial charge on any atom is 0.255 e. The first kappa shape index (κ1) is 12.2. The normalized spacial score (nSPS) is 17.8. The Bertz CT molecular complexity index is 606. The van der Waals surface area contributed by atoms with Crippen molar-refractivity contribution < 1.29 is 9.90 Å². The summed E-state index contributed by atoms with van der Waals surface area (Å²) >= 11 is 1.75. The molecule has 0 aliphatic heterocycles. The maximum absolute atomic E-state index is 12.2. The topological polar surface area (TPSA) is 49.3 Å². The molecule has 0 fully saturated rings. The van der Waals surface area contributed by atoms with Crippen LogP contribution in [-0.2, 0) is 6.42 Å². The minimum absolute atomic E-state index is 0.0290. The number of amides is 1. The van der Waals surface area contributed by atoms with Crippen molar-refractivity contribution in [2.24, 2.45) is 0 Å². The molecule has 2 N–H and O–H groups in total. The number of hydrogen-bond acceptors (Lipinski definition) is 3. The second-order valence-corrected chi connectivity index (χ2v) is 5.74. The van der Waals surface area contributed by atoms with E-state index in [0.29, 0.717) is 5.56 Å². The number of carbonyl (C=O) groups is 1. The Hall–Kier alpha value is -1.81. The third kappa shape index (κ3) is 2.36. The number of hydrogen-bond donors (Lipinski definition) is 2. The molecule has 3 nitrogen and oxygen atoms in total. The molecule has 1 unspecified atom stereocenters. The lowest BCUT2D eigenvalue weighted by atomic mass is 9.94. The van der Waals surface area contributed by atoms with Crippen LogP contribution in [0.4, 0.5) is 0 Å². The van der Waals surface area contributed by atoms with Crippen molar-refractivity contribution >= 4 is 17.2 Å². The highest BCUT2D eigenvalue weighted by Gasteiger charge is 2.23. The van der Waals surface area contributed by atoms with Gasteiger partial charge in [0.2, 0.25) is 0 Å². The van der Waals surface area contributed by atoms with Crippen LogP contribution in [0.2, 0.25) is 0 Å². The van der Waals surface area contributed by atoms with Crippen LogP contribution in [0.3, 0.4) is 0 Å². The highest BCUT2D eigenvalue weighted by atomic mass is 32.1. The lowest BCUT2D eigenvalue weighted by Crippen LogP contribution is -2.30. The van der Waals surface area contributed by atoms with Gasteiger partial charge in [-0.1, -0.05) is 12.1 Å². The number of fused-ring (bicyclic) bond motifs is 1. The van der Waals surface area contributed by atoms with Gasteiger partial charge in [-0.25, -0.2) is 0 Å². The van der Waals surface area contributed by atoms with E-state index in [2.05, 4.69) is 16.8 Å². The molecule has 0 bridgehead atoms. The highest BCUT2D eigenvalue weighted by Crippen LogP contribution is 2.33. The summed E-state index contributed by atoms with van der Waals surface area (Å²) in [6.45, 7) is 0. The SMILES string of the molecule is O=C(NC1CCCc2sccc21)c1ccccc1O. The quantitative estimate of drug-likeness (QED) is 0.882. The number of nitrogens with one attached hydrogen (secondary N) is 1. The van der Waals surface area contributed by atoms with E-state index in [9.17, 15) is 9.90 Å². The van der Waals surface area contributed by atoms with Gasteiger partial charge in [0.25, 0.3) is 5.91 Å². The summed E-state index contributed by atoms with van der Waals surface area (Å²) in [5.41, 5.74) is 1.57. The van der Waals surface area contributed by atoms with Crippen LogP contribution in [0.15, 0.2) is 35.7 Å². The third-order valence-electron chi connectivity index (χ3n) is 3.51. The number of rotatable bonds is 2. The molecular formula is C15H15NO2S. The van der Waals surface area contributed by atoms with Crippen LogP contribution in [0.1, 0.15) is 39.7 Å². The van der Waals surface area contributed by atoms with Gasteiger partial charge >= 0.3 is 0 Å². The summed E-state index contributed by atoms with van der Waals surface area (Å²) in [7, 11) is 0. The first-order valence-electron chi connectivity index (χ1n) is 6.41. The Morgan fingerprint density at radius 2 is 2.16 bits per heavy atom. The second-order valence-electron chi connectivity index (χ2n) is 4.73. The van der Waals surface area contributed by atoms with Crippen LogP contribution >= 0.6 is 11.3 Å². The number of benzene rings is 1. The summed E-state index contributed by atoms with van der Waals surface area (Å²) in [6.07, 6.45) is 3.16. The molecule has 19 heavy (non-hydrogen) atoms. The fraction of sp³-hybridized carbons (Fsp3) is 0.267. The van der Waals surface area contributed by atoms with Crippen LogP contribution in [-0.4, -0.2) is 11.0 Å². The lowest BCUT2D eigenvalue weighted by molar-refractivity contribution is 0.0930. The highest BCUT2D eigenvalue weighted by molar-refractivity contribution is 7.10. The summed E-state index contributed by atoms with van der Waals surface area (Å²) < 4.78 is 0. The average Bonchev–Trinajstić information content (AvgIpc) is 2.88. The smallest absolute Gasteiger partial charge is 0.255 e. The number of phenolic OH excluding ortho intramolecular Hbond substituents is 1. The Kier molecular flexibility index (Phi) is 3.25. The first-order chi connectivity index (χ1) is 9.25. The Balaban J connectivity index is 1.80. The maximum atomic E-state index is 12.2. The molecule has 1 aromatic heterocycles. The van der Waals surface area contributed by atoms with Crippen LogP contribution in [0.5, 0.6) is 5.75 Å². The van der Waals surface area contributed by atoms with Crippen molar-refractivity contribution in [3.63, 3.8) is 0 Å². The van der Waals surface area contributed by atoms with E-state index < -0.39 is 0 Å². The number of thiophene rings is 1. The van der Waals surface area contributed by atoms with Gasteiger partial charge in [0.1, 0.15) is 5.75 Å². The average molecular weight is 273 g/mol. The van der Waals surface area contributed by atoms with Gasteiger partial charge in [0, 0.05) is 4.88 Å². The summed E-state index contributed by atoms with van der Waals surface area (Å²) in [5.74, 6) is -0.177. The summed E-state index contributed by atoms with van der Waals surface area (Å²) in [6, 6.07) is 8.81. The summed E-state index contributed by atoms with van der Waals surface area (Å²) in [4.78, 5) is 13.6. The molecule has 1 amide bonds. The molecule has 0 spiro atoms. The fourth-order valence-electron chi connectivity index (χ4n) is 2.54. The molecule has 4 heteroatoms. The van der Waals surface area contributed by atoms with Gasteiger partial charge < -0.3 is 10.4 Å². The minimum Gasteiger partial charge on any atom is -0.507 e. The number of carbonyl (C=O) groups excluding carboxylic acids is 1. The number of aryl methyl sites for hydroxylation is 1. The molecular weight excluding hydrogens is 258 g/mol. The zero-order valence-electron chi connectivity index (χ0n) is 10.4. The third-order valence-corrected chi connectivity index (χ3v) is 4.50. The predicted molar refractivity (Wildman–Crippen MR) is 75.6 cm³/mol. The van der Waals surface area contributed by atoms with Crippen molar-refractivity contribution in [2.45, 2.75) is 25.3 Å². The van der Waals surface area contributed by atoms with Crippen LogP contribution in [0.25, 0.3) is 0 Å². The lowest BCUT2D eigenvalue weighted by Gasteiger charge is -2.23. The predicted octanol–water partition coefficient (Wildman–Crippen LogP) is 3.26. The molecule has 98 valence electrons. The van der Waals surface area contributed by atoms with Gasteiger partial charge in [0.05, 0.1) is 11.6 Å². The van der Waals surface area contributed by atoms with Gasteiger partial charge in [-0.3, -0.25) is 4.79 Å². The van der Waals surface area contributed by atoms with E-state index in [4.69, 9.17) is 0 Å². The standard InChI is InChI=1S/C15H15NO2S/c17-13-6-2-1-4-11(13)15(18)16-12-5-3-7-14-10(12)8-9-19-14/h1-2,4,6,8-9,12,17H,3,5,7H2,(H,16,18). The van der Waals surface area contributed by atoms with Gasteiger partial charge in [0.15, 0.2) is 0 Å². The zero-order valence-corrected chi connectivity index (χ0v) is 11.2. The molecule has 0 radical (unpaired) electrons. The van der Waals surface area contributed by atoms with Gasteiger partial charge in [-0.15, -0.1) is 11.3 Å². The molecule has 3 rings (SSSR count).